The number of nitro groups is 1. The Morgan fingerprint density at radius 1 is 1.79 bits per heavy atom. The molecule has 0 saturated heterocycles. The maximum atomic E-state index is 10.5. The molecule has 0 aromatic carbocycles. The van der Waals surface area contributed by atoms with Gasteiger partial charge in [-0.25, -0.2) is 0 Å². The number of aromatic nitrogens is 1. The number of hydrogen-bond acceptors (Lipinski definition) is 5. The second kappa shape index (κ2) is 4.12. The van der Waals surface area contributed by atoms with Crippen LogP contribution in [0.3, 0.4) is 0 Å². The quantitative estimate of drug-likeness (QED) is 0.535. The van der Waals surface area contributed by atoms with Crippen molar-refractivity contribution in [3.63, 3.8) is 0 Å². The third-order valence-corrected chi connectivity index (χ3v) is 1.90. The molecule has 14 heavy (non-hydrogen) atoms. The van der Waals surface area contributed by atoms with Crippen LogP contribution >= 0.6 is 0 Å². The number of nitrogens with two attached hydrogens (primary N) is 1. The molecule has 0 amide bonds. The second-order valence-electron chi connectivity index (χ2n) is 2.92. The van der Waals surface area contributed by atoms with E-state index in [2.05, 4.69) is 4.98 Å². The van der Waals surface area contributed by atoms with Crippen molar-refractivity contribution in [3.8, 4) is 0 Å². The van der Waals surface area contributed by atoms with Gasteiger partial charge in [-0.3, -0.25) is 15.1 Å². The van der Waals surface area contributed by atoms with Crippen molar-refractivity contribution in [3.05, 3.63) is 33.6 Å². The third kappa shape index (κ3) is 2.04. The largest absolute Gasteiger partial charge is 0.394 e. The van der Waals surface area contributed by atoms with Gasteiger partial charge >= 0.3 is 0 Å². The molecule has 1 rings (SSSR count). The number of hydrogen-bond donors (Lipinski definition) is 2. The molecule has 0 aliphatic heterocycles. The van der Waals surface area contributed by atoms with Crippen LogP contribution in [0.5, 0.6) is 0 Å². The third-order valence-electron chi connectivity index (χ3n) is 1.90. The van der Waals surface area contributed by atoms with Crippen molar-refractivity contribution in [1.82, 2.24) is 4.98 Å². The summed E-state index contributed by atoms with van der Waals surface area (Å²) in [7, 11) is 0. The lowest BCUT2D eigenvalue weighted by atomic mass is 10.1. The summed E-state index contributed by atoms with van der Waals surface area (Å²) in [5.41, 5.74) is 6.22. The first-order chi connectivity index (χ1) is 6.56. The van der Waals surface area contributed by atoms with Gasteiger partial charge in [-0.1, -0.05) is 0 Å². The van der Waals surface area contributed by atoms with Crippen LogP contribution in [0.25, 0.3) is 0 Å². The molecule has 6 heteroatoms. The van der Waals surface area contributed by atoms with Gasteiger partial charge in [0.15, 0.2) is 0 Å². The van der Waals surface area contributed by atoms with E-state index in [0.717, 1.165) is 0 Å². The highest BCUT2D eigenvalue weighted by atomic mass is 16.6. The molecular formula is C8H11N3O3. The normalized spacial score (nSPS) is 12.5. The Hall–Kier alpha value is -1.53. The van der Waals surface area contributed by atoms with Gasteiger partial charge in [0.25, 0.3) is 5.69 Å². The number of rotatable bonds is 3. The Balaban J connectivity index is 3.12. The van der Waals surface area contributed by atoms with Crippen molar-refractivity contribution in [2.75, 3.05) is 6.61 Å². The SMILES string of the molecule is Cc1ncc(C(N)CO)cc1[N+](=O)[O-]. The first-order valence-electron chi connectivity index (χ1n) is 4.03. The van der Waals surface area contributed by atoms with E-state index in [1.54, 1.807) is 6.92 Å². The van der Waals surface area contributed by atoms with Gasteiger partial charge in [0.1, 0.15) is 5.69 Å². The van der Waals surface area contributed by atoms with Crippen molar-refractivity contribution in [1.29, 1.82) is 0 Å². The smallest absolute Gasteiger partial charge is 0.290 e. The monoisotopic (exact) mass is 197 g/mol. The summed E-state index contributed by atoms with van der Waals surface area (Å²) in [5, 5.41) is 19.3. The molecule has 0 aliphatic rings. The fourth-order valence-corrected chi connectivity index (χ4v) is 1.03. The topological polar surface area (TPSA) is 102 Å². The van der Waals surface area contributed by atoms with E-state index in [1.165, 1.54) is 12.3 Å². The van der Waals surface area contributed by atoms with Gasteiger partial charge in [0, 0.05) is 12.3 Å². The maximum absolute atomic E-state index is 10.5. The fourth-order valence-electron chi connectivity index (χ4n) is 1.03. The highest BCUT2D eigenvalue weighted by Gasteiger charge is 2.15. The van der Waals surface area contributed by atoms with Gasteiger partial charge in [-0.15, -0.1) is 0 Å². The summed E-state index contributed by atoms with van der Waals surface area (Å²) in [6, 6.07) is 0.713. The molecule has 0 bridgehead atoms. The average Bonchev–Trinajstić information content (AvgIpc) is 2.17. The highest BCUT2D eigenvalue weighted by molar-refractivity contribution is 5.38. The Labute approximate surface area is 80.5 Å². The molecule has 0 saturated carbocycles. The van der Waals surface area contributed by atoms with Crippen molar-refractivity contribution >= 4 is 5.69 Å². The predicted molar refractivity (Wildman–Crippen MR) is 49.6 cm³/mol. The summed E-state index contributed by atoms with van der Waals surface area (Å²) in [6.07, 6.45) is 1.43. The van der Waals surface area contributed by atoms with Crippen LogP contribution < -0.4 is 5.73 Å². The zero-order chi connectivity index (χ0) is 10.7. The van der Waals surface area contributed by atoms with E-state index >= 15 is 0 Å². The average molecular weight is 197 g/mol. The number of aryl methyl sites for hydroxylation is 1. The number of pyridine rings is 1. The molecule has 6 nitrogen and oxygen atoms in total. The number of nitrogens with zero attached hydrogens (tertiary/aromatic N) is 2. The summed E-state index contributed by atoms with van der Waals surface area (Å²) >= 11 is 0. The molecule has 1 heterocycles. The highest BCUT2D eigenvalue weighted by Crippen LogP contribution is 2.19. The van der Waals surface area contributed by atoms with Crippen molar-refractivity contribution in [2.24, 2.45) is 5.73 Å². The Morgan fingerprint density at radius 3 is 2.93 bits per heavy atom. The summed E-state index contributed by atoms with van der Waals surface area (Å²) in [4.78, 5) is 13.9. The molecule has 0 radical (unpaired) electrons. The minimum Gasteiger partial charge on any atom is -0.394 e. The first kappa shape index (κ1) is 10.6. The summed E-state index contributed by atoms with van der Waals surface area (Å²) in [5.74, 6) is 0. The zero-order valence-corrected chi connectivity index (χ0v) is 7.67. The van der Waals surface area contributed by atoms with Crippen molar-refractivity contribution < 1.29 is 10.0 Å². The Morgan fingerprint density at radius 2 is 2.43 bits per heavy atom. The molecular weight excluding hydrogens is 186 g/mol. The van der Waals surface area contributed by atoms with Crippen LogP contribution in [0.15, 0.2) is 12.3 Å². The summed E-state index contributed by atoms with van der Waals surface area (Å²) in [6.45, 7) is 1.29. The molecule has 0 fully saturated rings. The van der Waals surface area contributed by atoms with Gasteiger partial charge in [0.05, 0.1) is 17.6 Å². The van der Waals surface area contributed by atoms with E-state index in [1.807, 2.05) is 0 Å². The van der Waals surface area contributed by atoms with Crippen molar-refractivity contribution in [2.45, 2.75) is 13.0 Å². The summed E-state index contributed by atoms with van der Waals surface area (Å²) < 4.78 is 0. The van der Waals surface area contributed by atoms with Gasteiger partial charge in [-0.05, 0) is 12.5 Å². The van der Waals surface area contributed by atoms with Gasteiger partial charge < -0.3 is 10.8 Å². The molecule has 3 N–H and O–H groups in total. The molecule has 1 atom stereocenters. The lowest BCUT2D eigenvalue weighted by Gasteiger charge is -2.07. The van der Waals surface area contributed by atoms with Crippen LogP contribution in [-0.4, -0.2) is 21.6 Å². The van der Waals surface area contributed by atoms with E-state index in [4.69, 9.17) is 10.8 Å². The zero-order valence-electron chi connectivity index (χ0n) is 7.67. The van der Waals surface area contributed by atoms with E-state index in [0.29, 0.717) is 11.3 Å². The molecule has 0 aliphatic carbocycles. The standard InChI is InChI=1S/C8H11N3O3/c1-5-8(11(13)14)2-6(3-10-5)7(9)4-12/h2-3,7,12H,4,9H2,1H3. The number of aliphatic hydroxyl groups excluding tert-OH is 1. The maximum Gasteiger partial charge on any atom is 0.290 e. The van der Waals surface area contributed by atoms with Crippen LogP contribution in [0.2, 0.25) is 0 Å². The second-order valence-corrected chi connectivity index (χ2v) is 2.92. The van der Waals surface area contributed by atoms with Gasteiger partial charge in [-0.2, -0.15) is 0 Å². The minimum atomic E-state index is -0.623. The number of aliphatic hydroxyl groups is 1. The Kier molecular flexibility index (Phi) is 3.10. The minimum absolute atomic E-state index is 0.0774. The van der Waals surface area contributed by atoms with E-state index < -0.39 is 11.0 Å². The molecule has 0 spiro atoms. The first-order valence-corrected chi connectivity index (χ1v) is 4.03. The Bertz CT molecular complexity index is 354. The molecule has 1 unspecified atom stereocenters. The van der Waals surface area contributed by atoms with E-state index in [-0.39, 0.29) is 12.3 Å². The van der Waals surface area contributed by atoms with Crippen LogP contribution in [0.4, 0.5) is 5.69 Å². The van der Waals surface area contributed by atoms with Crippen LogP contribution in [0.1, 0.15) is 17.3 Å². The molecule has 1 aromatic rings. The van der Waals surface area contributed by atoms with E-state index in [9.17, 15) is 10.1 Å². The molecule has 76 valence electrons. The molecule has 1 aromatic heterocycles. The van der Waals surface area contributed by atoms with Crippen LogP contribution in [-0.2, 0) is 0 Å². The fraction of sp³-hybridized carbons (Fsp3) is 0.375. The van der Waals surface area contributed by atoms with Gasteiger partial charge in [0.2, 0.25) is 0 Å². The lowest BCUT2D eigenvalue weighted by Crippen LogP contribution is -2.15. The van der Waals surface area contributed by atoms with Crippen LogP contribution in [0, 0.1) is 17.0 Å². The predicted octanol–water partition coefficient (Wildman–Crippen LogP) is 0.290. The lowest BCUT2D eigenvalue weighted by molar-refractivity contribution is -0.385.